The van der Waals surface area contributed by atoms with E-state index in [4.69, 9.17) is 4.74 Å². The van der Waals surface area contributed by atoms with Crippen LogP contribution in [-0.4, -0.2) is 36.0 Å². The molecule has 0 atom stereocenters. The molecule has 0 fully saturated rings. The van der Waals surface area contributed by atoms with Crippen LogP contribution >= 0.6 is 11.3 Å². The summed E-state index contributed by atoms with van der Waals surface area (Å²) in [5.41, 5.74) is 2.42. The summed E-state index contributed by atoms with van der Waals surface area (Å²) in [6.07, 6.45) is 0. The van der Waals surface area contributed by atoms with E-state index in [0.29, 0.717) is 18.8 Å². The summed E-state index contributed by atoms with van der Waals surface area (Å²) in [6.45, 7) is 8.94. The van der Waals surface area contributed by atoms with Gasteiger partial charge < -0.3 is 9.64 Å². The molecule has 0 aliphatic carbocycles. The molecule has 0 unspecified atom stereocenters. The zero-order chi connectivity index (χ0) is 16.1. The monoisotopic (exact) mass is 316 g/mol. The molecule has 116 valence electrons. The van der Waals surface area contributed by atoms with Crippen LogP contribution < -0.4 is 4.74 Å². The number of nitrogens with zero attached hydrogens (tertiary/aromatic N) is 2. The van der Waals surface area contributed by atoms with Crippen molar-refractivity contribution in [3.63, 3.8) is 0 Å². The van der Waals surface area contributed by atoms with Crippen LogP contribution in [0.5, 0.6) is 5.75 Å². The van der Waals surface area contributed by atoms with Gasteiger partial charge in [-0.1, -0.05) is 12.2 Å². The molecule has 22 heavy (non-hydrogen) atoms. The van der Waals surface area contributed by atoms with Crippen molar-refractivity contribution in [2.45, 2.75) is 13.8 Å². The van der Waals surface area contributed by atoms with E-state index in [1.165, 1.54) is 11.3 Å². The lowest BCUT2D eigenvalue weighted by molar-refractivity contribution is 0.0773. The third-order valence-electron chi connectivity index (χ3n) is 3.19. The average Bonchev–Trinajstić information content (AvgIpc) is 3.01. The lowest BCUT2D eigenvalue weighted by atomic mass is 10.2. The average molecular weight is 316 g/mol. The molecule has 0 aliphatic heterocycles. The van der Waals surface area contributed by atoms with Gasteiger partial charge in [0.1, 0.15) is 16.5 Å². The summed E-state index contributed by atoms with van der Waals surface area (Å²) in [5, 5.41) is 2.64. The van der Waals surface area contributed by atoms with Gasteiger partial charge >= 0.3 is 0 Å². The number of amides is 1. The predicted octanol–water partition coefficient (Wildman–Crippen LogP) is 3.86. The predicted molar refractivity (Wildman–Crippen MR) is 90.5 cm³/mol. The Bertz CT molecular complexity index is 662. The molecule has 1 aromatic heterocycles. The van der Waals surface area contributed by atoms with Gasteiger partial charge in [-0.05, 0) is 38.1 Å². The van der Waals surface area contributed by atoms with Gasteiger partial charge in [0.15, 0.2) is 0 Å². The Morgan fingerprint density at radius 3 is 2.59 bits per heavy atom. The Morgan fingerprint density at radius 2 is 2.05 bits per heavy atom. The summed E-state index contributed by atoms with van der Waals surface area (Å²) in [7, 11) is 1.64. The van der Waals surface area contributed by atoms with Crippen molar-refractivity contribution in [1.82, 2.24) is 9.88 Å². The van der Waals surface area contributed by atoms with Crippen LogP contribution in [-0.2, 0) is 0 Å². The molecule has 0 saturated carbocycles. The molecule has 2 aromatic rings. The van der Waals surface area contributed by atoms with Crippen LogP contribution in [0.2, 0.25) is 0 Å². The molecule has 1 aromatic carbocycles. The smallest absolute Gasteiger partial charge is 0.273 e. The Kier molecular flexibility index (Phi) is 5.33. The number of hydrogen-bond acceptors (Lipinski definition) is 4. The minimum atomic E-state index is -0.0542. The molecule has 1 heterocycles. The first-order valence-electron chi connectivity index (χ1n) is 7.08. The number of carbonyl (C=O) groups is 1. The summed E-state index contributed by atoms with van der Waals surface area (Å²) in [4.78, 5) is 18.7. The van der Waals surface area contributed by atoms with Crippen LogP contribution in [0.3, 0.4) is 0 Å². The highest BCUT2D eigenvalue weighted by Gasteiger charge is 2.17. The number of benzene rings is 1. The summed E-state index contributed by atoms with van der Waals surface area (Å²) >= 11 is 1.47. The fourth-order valence-corrected chi connectivity index (χ4v) is 2.85. The van der Waals surface area contributed by atoms with E-state index in [-0.39, 0.29) is 5.91 Å². The highest BCUT2D eigenvalue weighted by atomic mass is 32.1. The maximum atomic E-state index is 12.5. The summed E-state index contributed by atoms with van der Waals surface area (Å²) < 4.78 is 5.15. The molecule has 0 saturated heterocycles. The van der Waals surface area contributed by atoms with Gasteiger partial charge in [-0.25, -0.2) is 4.98 Å². The molecule has 0 radical (unpaired) electrons. The Hall–Kier alpha value is -2.14. The second-order valence-corrected chi connectivity index (χ2v) is 5.90. The van der Waals surface area contributed by atoms with Gasteiger partial charge in [-0.15, -0.1) is 11.3 Å². The van der Waals surface area contributed by atoms with Crippen LogP contribution in [0.15, 0.2) is 41.8 Å². The molecule has 0 bridgehead atoms. The van der Waals surface area contributed by atoms with Gasteiger partial charge in [-0.3, -0.25) is 4.79 Å². The molecule has 0 aliphatic rings. The van der Waals surface area contributed by atoms with E-state index in [1.807, 2.05) is 43.5 Å². The topological polar surface area (TPSA) is 42.4 Å². The summed E-state index contributed by atoms with van der Waals surface area (Å²) in [6, 6.07) is 7.66. The number of methoxy groups -OCH3 is 1. The number of rotatable bonds is 6. The maximum Gasteiger partial charge on any atom is 0.273 e. The molecular weight excluding hydrogens is 296 g/mol. The molecule has 2 rings (SSSR count). The Morgan fingerprint density at radius 1 is 1.36 bits per heavy atom. The molecular formula is C17H20N2O2S. The number of ether oxygens (including phenoxy) is 1. The third kappa shape index (κ3) is 3.74. The van der Waals surface area contributed by atoms with E-state index < -0.39 is 0 Å². The van der Waals surface area contributed by atoms with Crippen LogP contribution in [0.1, 0.15) is 24.3 Å². The maximum absolute atomic E-state index is 12.5. The number of thiazole rings is 1. The van der Waals surface area contributed by atoms with Crippen LogP contribution in [0, 0.1) is 0 Å². The van der Waals surface area contributed by atoms with Crippen molar-refractivity contribution < 1.29 is 9.53 Å². The molecule has 0 N–H and O–H groups in total. The highest BCUT2D eigenvalue weighted by Crippen LogP contribution is 2.26. The lowest BCUT2D eigenvalue weighted by Crippen LogP contribution is -2.32. The Balaban J connectivity index is 2.19. The first kappa shape index (κ1) is 16.2. The normalized spacial score (nSPS) is 10.3. The second-order valence-electron chi connectivity index (χ2n) is 5.04. The zero-order valence-corrected chi connectivity index (χ0v) is 13.9. The minimum Gasteiger partial charge on any atom is -0.497 e. The van der Waals surface area contributed by atoms with E-state index in [1.54, 1.807) is 12.0 Å². The Labute approximate surface area is 135 Å². The molecule has 0 spiro atoms. The van der Waals surface area contributed by atoms with Crippen molar-refractivity contribution in [3.05, 3.63) is 47.5 Å². The fourth-order valence-electron chi connectivity index (χ4n) is 2.05. The van der Waals surface area contributed by atoms with Crippen molar-refractivity contribution in [2.24, 2.45) is 0 Å². The standard InChI is InChI=1S/C17H20N2O2S/c1-5-19(10-12(2)3)17(20)15-11-22-16(18-15)13-6-8-14(21-4)9-7-13/h6-9,11H,2,5,10H2,1,3-4H3. The van der Waals surface area contributed by atoms with Gasteiger partial charge in [0.05, 0.1) is 7.11 Å². The molecule has 5 heteroatoms. The SMILES string of the molecule is C=C(C)CN(CC)C(=O)c1csc(-c2ccc(OC)cc2)n1. The van der Waals surface area contributed by atoms with E-state index in [0.717, 1.165) is 21.9 Å². The number of carbonyl (C=O) groups excluding carboxylic acids is 1. The fraction of sp³-hybridized carbons (Fsp3) is 0.294. The highest BCUT2D eigenvalue weighted by molar-refractivity contribution is 7.13. The number of likely N-dealkylation sites (N-methyl/N-ethyl adjacent to an activating group) is 1. The molecule has 1 amide bonds. The quantitative estimate of drug-likeness (QED) is 0.760. The first-order valence-corrected chi connectivity index (χ1v) is 7.96. The zero-order valence-electron chi connectivity index (χ0n) is 13.1. The third-order valence-corrected chi connectivity index (χ3v) is 4.08. The van der Waals surface area contributed by atoms with Crippen molar-refractivity contribution in [3.8, 4) is 16.3 Å². The second kappa shape index (κ2) is 7.22. The van der Waals surface area contributed by atoms with Crippen molar-refractivity contribution in [1.29, 1.82) is 0 Å². The van der Waals surface area contributed by atoms with Crippen molar-refractivity contribution >= 4 is 17.2 Å². The van der Waals surface area contributed by atoms with E-state index >= 15 is 0 Å². The van der Waals surface area contributed by atoms with Crippen LogP contribution in [0.25, 0.3) is 10.6 Å². The first-order chi connectivity index (χ1) is 10.5. The van der Waals surface area contributed by atoms with Gasteiger partial charge in [0.25, 0.3) is 5.91 Å². The van der Waals surface area contributed by atoms with Crippen LogP contribution in [0.4, 0.5) is 0 Å². The lowest BCUT2D eigenvalue weighted by Gasteiger charge is -2.19. The van der Waals surface area contributed by atoms with Gasteiger partial charge in [-0.2, -0.15) is 0 Å². The van der Waals surface area contributed by atoms with Gasteiger partial charge in [0.2, 0.25) is 0 Å². The molecule has 4 nitrogen and oxygen atoms in total. The van der Waals surface area contributed by atoms with E-state index in [9.17, 15) is 4.79 Å². The van der Waals surface area contributed by atoms with Gasteiger partial charge in [0, 0.05) is 24.0 Å². The minimum absolute atomic E-state index is 0.0542. The van der Waals surface area contributed by atoms with Crippen molar-refractivity contribution in [2.75, 3.05) is 20.2 Å². The number of aromatic nitrogens is 1. The van der Waals surface area contributed by atoms with E-state index in [2.05, 4.69) is 11.6 Å². The largest absolute Gasteiger partial charge is 0.497 e. The number of hydrogen-bond donors (Lipinski definition) is 0. The summed E-state index contributed by atoms with van der Waals surface area (Å²) in [5.74, 6) is 0.747.